The van der Waals surface area contributed by atoms with E-state index in [0.717, 1.165) is 0 Å². The monoisotopic (exact) mass is 390 g/mol. The zero-order chi connectivity index (χ0) is 21.5. The molecule has 0 bridgehead atoms. The average molecular weight is 391 g/mol. The lowest BCUT2D eigenvalue weighted by Gasteiger charge is -2.35. The van der Waals surface area contributed by atoms with Crippen LogP contribution < -0.4 is 0 Å². The Morgan fingerprint density at radius 1 is 0.733 bits per heavy atom. The summed E-state index contributed by atoms with van der Waals surface area (Å²) in [5, 5.41) is 0. The molecule has 0 N–H and O–H groups in total. The minimum atomic E-state index is -0.371. The summed E-state index contributed by atoms with van der Waals surface area (Å²) in [6.07, 6.45) is 6.44. The molecular weight excluding hydrogens is 360 g/mol. The van der Waals surface area contributed by atoms with Gasteiger partial charge in [-0.1, -0.05) is 85.5 Å². The molecule has 3 aromatic carbocycles. The lowest BCUT2D eigenvalue weighted by Crippen LogP contribution is -2.29. The SMILES string of the molecule is C=CC1=C(/C=C\C)c2ccccc2C1(c1ccc(C)c(C)c1)c1ccc(C)c(C)c1. The van der Waals surface area contributed by atoms with Crippen LogP contribution in [0.3, 0.4) is 0 Å². The third-order valence-electron chi connectivity index (χ3n) is 6.73. The quantitative estimate of drug-likeness (QED) is 0.426. The van der Waals surface area contributed by atoms with Crippen molar-refractivity contribution < 1.29 is 0 Å². The molecule has 0 nitrogen and oxygen atoms in total. The van der Waals surface area contributed by atoms with Gasteiger partial charge in [0.05, 0.1) is 5.41 Å². The van der Waals surface area contributed by atoms with E-state index < -0.39 is 0 Å². The molecule has 0 heterocycles. The molecule has 0 saturated heterocycles. The summed E-state index contributed by atoms with van der Waals surface area (Å²) in [4.78, 5) is 0. The van der Waals surface area contributed by atoms with Crippen LogP contribution in [0, 0.1) is 27.7 Å². The molecule has 4 rings (SSSR count). The van der Waals surface area contributed by atoms with Crippen molar-refractivity contribution in [2.75, 3.05) is 0 Å². The second-order valence-electron chi connectivity index (χ2n) is 8.43. The van der Waals surface area contributed by atoms with Crippen LogP contribution in [0.25, 0.3) is 5.57 Å². The van der Waals surface area contributed by atoms with Crippen LogP contribution in [0.1, 0.15) is 51.4 Å². The molecule has 0 saturated carbocycles. The van der Waals surface area contributed by atoms with Gasteiger partial charge < -0.3 is 0 Å². The predicted molar refractivity (Wildman–Crippen MR) is 130 cm³/mol. The summed E-state index contributed by atoms with van der Waals surface area (Å²) in [5.41, 5.74) is 12.6. The summed E-state index contributed by atoms with van der Waals surface area (Å²) in [6, 6.07) is 22.7. The lowest BCUT2D eigenvalue weighted by molar-refractivity contribution is 0.758. The highest BCUT2D eigenvalue weighted by Gasteiger charge is 2.46. The van der Waals surface area contributed by atoms with Crippen molar-refractivity contribution in [3.63, 3.8) is 0 Å². The zero-order valence-corrected chi connectivity index (χ0v) is 18.7. The Hall–Kier alpha value is -3.12. The molecule has 150 valence electrons. The highest BCUT2D eigenvalue weighted by molar-refractivity contribution is 5.91. The molecule has 0 fully saturated rings. The number of fused-ring (bicyclic) bond motifs is 1. The highest BCUT2D eigenvalue weighted by Crippen LogP contribution is 2.55. The first-order valence-electron chi connectivity index (χ1n) is 10.7. The van der Waals surface area contributed by atoms with Gasteiger partial charge >= 0.3 is 0 Å². The van der Waals surface area contributed by atoms with E-state index in [0.29, 0.717) is 0 Å². The number of allylic oxidation sites excluding steroid dienone is 5. The van der Waals surface area contributed by atoms with Crippen molar-refractivity contribution in [1.29, 1.82) is 0 Å². The molecule has 0 aliphatic heterocycles. The first-order valence-corrected chi connectivity index (χ1v) is 10.7. The van der Waals surface area contributed by atoms with E-state index in [1.54, 1.807) is 0 Å². The third kappa shape index (κ3) is 2.82. The topological polar surface area (TPSA) is 0 Å². The molecule has 0 aromatic heterocycles. The van der Waals surface area contributed by atoms with Crippen LogP contribution in [-0.4, -0.2) is 0 Å². The number of hydrogen-bond acceptors (Lipinski definition) is 0. The molecule has 0 radical (unpaired) electrons. The fourth-order valence-corrected chi connectivity index (χ4v) is 4.88. The normalized spacial score (nSPS) is 15.0. The van der Waals surface area contributed by atoms with E-state index in [1.807, 2.05) is 0 Å². The molecule has 0 heteroatoms. The van der Waals surface area contributed by atoms with Crippen molar-refractivity contribution in [1.82, 2.24) is 0 Å². The van der Waals surface area contributed by atoms with E-state index in [4.69, 9.17) is 0 Å². The van der Waals surface area contributed by atoms with Crippen LogP contribution in [0.5, 0.6) is 0 Å². The van der Waals surface area contributed by atoms with Crippen molar-refractivity contribution in [2.24, 2.45) is 0 Å². The van der Waals surface area contributed by atoms with Gasteiger partial charge in [0, 0.05) is 0 Å². The largest absolute Gasteiger partial charge is 0.0987 e. The van der Waals surface area contributed by atoms with Crippen molar-refractivity contribution in [2.45, 2.75) is 40.0 Å². The standard InChI is InChI=1S/C30H30/c1-7-11-26-27-12-9-10-13-29(27)30(28(26)8-2,24-16-14-20(3)22(5)18-24)25-17-15-21(4)23(6)19-25/h7-19H,2H2,1,3-6H3/b11-7-. The van der Waals surface area contributed by atoms with Crippen LogP contribution in [0.2, 0.25) is 0 Å². The van der Waals surface area contributed by atoms with Gasteiger partial charge in [-0.2, -0.15) is 0 Å². The molecule has 0 atom stereocenters. The smallest absolute Gasteiger partial charge is 0.0713 e. The summed E-state index contributed by atoms with van der Waals surface area (Å²) in [6.45, 7) is 15.2. The van der Waals surface area contributed by atoms with E-state index in [-0.39, 0.29) is 5.41 Å². The van der Waals surface area contributed by atoms with Crippen LogP contribution in [-0.2, 0) is 5.41 Å². The molecule has 0 unspecified atom stereocenters. The molecule has 1 aliphatic rings. The van der Waals surface area contributed by atoms with E-state index in [9.17, 15) is 0 Å². The molecule has 0 amide bonds. The Labute approximate surface area is 181 Å². The minimum Gasteiger partial charge on any atom is -0.0987 e. The summed E-state index contributed by atoms with van der Waals surface area (Å²) in [7, 11) is 0. The van der Waals surface area contributed by atoms with Crippen molar-refractivity contribution in [3.05, 3.63) is 136 Å². The lowest BCUT2D eigenvalue weighted by atomic mass is 9.66. The van der Waals surface area contributed by atoms with Gasteiger partial charge in [-0.05, 0) is 90.3 Å². The minimum absolute atomic E-state index is 0.371. The molecule has 0 spiro atoms. The number of hydrogen-bond donors (Lipinski definition) is 0. The Morgan fingerprint density at radius 3 is 1.80 bits per heavy atom. The Bertz CT molecular complexity index is 1150. The van der Waals surface area contributed by atoms with Gasteiger partial charge in [-0.15, -0.1) is 0 Å². The first-order chi connectivity index (χ1) is 14.4. The fraction of sp³-hybridized carbons (Fsp3) is 0.200. The Morgan fingerprint density at radius 2 is 1.30 bits per heavy atom. The Kier molecular flexibility index (Phi) is 5.12. The van der Waals surface area contributed by atoms with Gasteiger partial charge in [-0.25, -0.2) is 0 Å². The fourth-order valence-electron chi connectivity index (χ4n) is 4.88. The van der Waals surface area contributed by atoms with Gasteiger partial charge in [0.1, 0.15) is 0 Å². The average Bonchev–Trinajstić information content (AvgIpc) is 3.03. The van der Waals surface area contributed by atoms with E-state index in [2.05, 4.69) is 120 Å². The van der Waals surface area contributed by atoms with Crippen LogP contribution in [0.15, 0.2) is 91.0 Å². The second kappa shape index (κ2) is 7.61. The maximum absolute atomic E-state index is 4.29. The summed E-state index contributed by atoms with van der Waals surface area (Å²) >= 11 is 0. The Balaban J connectivity index is 2.21. The zero-order valence-electron chi connectivity index (χ0n) is 18.7. The number of rotatable bonds is 4. The van der Waals surface area contributed by atoms with Gasteiger partial charge in [0.2, 0.25) is 0 Å². The van der Waals surface area contributed by atoms with Gasteiger partial charge in [-0.3, -0.25) is 0 Å². The van der Waals surface area contributed by atoms with Crippen LogP contribution >= 0.6 is 0 Å². The third-order valence-corrected chi connectivity index (χ3v) is 6.73. The predicted octanol–water partition coefficient (Wildman–Crippen LogP) is 7.78. The van der Waals surface area contributed by atoms with Crippen molar-refractivity contribution in [3.8, 4) is 0 Å². The van der Waals surface area contributed by atoms with Gasteiger partial charge in [0.25, 0.3) is 0 Å². The molecule has 1 aliphatic carbocycles. The summed E-state index contributed by atoms with van der Waals surface area (Å²) in [5.74, 6) is 0. The second-order valence-corrected chi connectivity index (χ2v) is 8.43. The number of aryl methyl sites for hydroxylation is 4. The maximum atomic E-state index is 4.29. The van der Waals surface area contributed by atoms with Gasteiger partial charge in [0.15, 0.2) is 0 Å². The number of benzene rings is 3. The van der Waals surface area contributed by atoms with E-state index in [1.165, 1.54) is 55.7 Å². The molecule has 3 aromatic rings. The summed E-state index contributed by atoms with van der Waals surface area (Å²) < 4.78 is 0. The van der Waals surface area contributed by atoms with E-state index >= 15 is 0 Å². The molecular formula is C30H30. The molecule has 30 heavy (non-hydrogen) atoms. The first kappa shape index (κ1) is 20.2. The highest BCUT2D eigenvalue weighted by atomic mass is 14.5. The maximum Gasteiger partial charge on any atom is 0.0713 e. The van der Waals surface area contributed by atoms with Crippen molar-refractivity contribution >= 4 is 5.57 Å². The van der Waals surface area contributed by atoms with Crippen LogP contribution in [0.4, 0.5) is 0 Å².